The number of unbranched alkanes of at least 4 members (excludes halogenated alkanes) is 1. The Balaban J connectivity index is 1.35. The minimum Gasteiger partial charge on any atom is -0.495 e. The molecule has 0 bridgehead atoms. The Morgan fingerprint density at radius 3 is 2.48 bits per heavy atom. The molecular weight excluding hydrogens is 336 g/mol. The number of para-hydroxylation sites is 2. The highest BCUT2D eigenvalue weighted by Gasteiger charge is 2.21. The maximum absolute atomic E-state index is 5.95. The Kier molecular flexibility index (Phi) is 6.99. The van der Waals surface area contributed by atoms with Gasteiger partial charge in [-0.2, -0.15) is 0 Å². The summed E-state index contributed by atoms with van der Waals surface area (Å²) in [6.45, 7) is 10.8. The summed E-state index contributed by atoms with van der Waals surface area (Å²) in [7, 11) is 1.75. The fraction of sp³-hybridized carbons (Fsp3) is 0.478. The summed E-state index contributed by atoms with van der Waals surface area (Å²) in [5.41, 5.74) is 3.74. The predicted octanol–water partition coefficient (Wildman–Crippen LogP) is 2.88. The first-order valence-electron chi connectivity index (χ1n) is 10.1. The second kappa shape index (κ2) is 9.65. The summed E-state index contributed by atoms with van der Waals surface area (Å²) < 4.78 is 11.5. The fourth-order valence-corrected chi connectivity index (χ4v) is 3.83. The van der Waals surface area contributed by atoms with Crippen molar-refractivity contribution in [3.8, 4) is 11.5 Å². The normalized spacial score (nSPS) is 15.0. The van der Waals surface area contributed by atoms with Crippen molar-refractivity contribution < 1.29 is 14.4 Å². The molecular formula is C23H33N2O2+. The van der Waals surface area contributed by atoms with Gasteiger partial charge in [-0.25, -0.2) is 0 Å². The van der Waals surface area contributed by atoms with Crippen LogP contribution in [0.1, 0.15) is 24.0 Å². The third-order valence-corrected chi connectivity index (χ3v) is 5.41. The summed E-state index contributed by atoms with van der Waals surface area (Å²) in [6.07, 6.45) is 2.34. The van der Waals surface area contributed by atoms with E-state index in [4.69, 9.17) is 9.47 Å². The van der Waals surface area contributed by atoms with E-state index in [1.807, 2.05) is 12.1 Å². The highest BCUT2D eigenvalue weighted by Crippen LogP contribution is 2.27. The smallest absolute Gasteiger partial charge is 0.142 e. The molecule has 2 aromatic rings. The molecule has 0 aliphatic carbocycles. The average Bonchev–Trinajstić information content (AvgIpc) is 2.69. The lowest BCUT2D eigenvalue weighted by Gasteiger charge is -2.34. The van der Waals surface area contributed by atoms with Crippen LogP contribution in [0.25, 0.3) is 0 Å². The number of piperazine rings is 1. The lowest BCUT2D eigenvalue weighted by atomic mass is 10.1. The first kappa shape index (κ1) is 19.6. The number of anilines is 1. The quantitative estimate of drug-likeness (QED) is 0.725. The first-order valence-corrected chi connectivity index (χ1v) is 10.1. The van der Waals surface area contributed by atoms with Gasteiger partial charge in [-0.1, -0.05) is 29.8 Å². The van der Waals surface area contributed by atoms with Gasteiger partial charge in [0.1, 0.15) is 11.5 Å². The van der Waals surface area contributed by atoms with Gasteiger partial charge in [0.25, 0.3) is 0 Å². The lowest BCUT2D eigenvalue weighted by molar-refractivity contribution is -0.900. The van der Waals surface area contributed by atoms with Gasteiger partial charge in [-0.05, 0) is 50.5 Å². The van der Waals surface area contributed by atoms with Gasteiger partial charge < -0.3 is 19.3 Å². The van der Waals surface area contributed by atoms with Gasteiger partial charge in [0.05, 0.1) is 52.1 Å². The van der Waals surface area contributed by atoms with Crippen LogP contribution in [0.5, 0.6) is 11.5 Å². The molecule has 4 nitrogen and oxygen atoms in total. The van der Waals surface area contributed by atoms with E-state index in [-0.39, 0.29) is 0 Å². The minimum atomic E-state index is 0.810. The molecule has 0 aromatic heterocycles. The molecule has 1 aliphatic rings. The van der Waals surface area contributed by atoms with Gasteiger partial charge >= 0.3 is 0 Å². The van der Waals surface area contributed by atoms with E-state index in [2.05, 4.69) is 49.1 Å². The predicted molar refractivity (Wildman–Crippen MR) is 111 cm³/mol. The number of hydrogen-bond acceptors (Lipinski definition) is 3. The van der Waals surface area contributed by atoms with Crippen LogP contribution in [0.15, 0.2) is 42.5 Å². The van der Waals surface area contributed by atoms with E-state index in [0.717, 1.165) is 37.6 Å². The van der Waals surface area contributed by atoms with Crippen molar-refractivity contribution in [1.29, 1.82) is 0 Å². The number of aryl methyl sites for hydroxylation is 2. The van der Waals surface area contributed by atoms with Crippen LogP contribution in [0.4, 0.5) is 5.69 Å². The maximum Gasteiger partial charge on any atom is 0.142 e. The van der Waals surface area contributed by atoms with E-state index in [9.17, 15) is 0 Å². The van der Waals surface area contributed by atoms with Crippen LogP contribution in [-0.2, 0) is 0 Å². The van der Waals surface area contributed by atoms with Crippen LogP contribution in [0.2, 0.25) is 0 Å². The van der Waals surface area contributed by atoms with Crippen LogP contribution in [-0.4, -0.2) is 46.4 Å². The number of nitrogens with one attached hydrogen (secondary N) is 1. The maximum atomic E-state index is 5.95. The zero-order valence-electron chi connectivity index (χ0n) is 17.0. The van der Waals surface area contributed by atoms with Gasteiger partial charge in [-0.3, -0.25) is 0 Å². The van der Waals surface area contributed by atoms with Crippen molar-refractivity contribution in [3.05, 3.63) is 53.6 Å². The van der Waals surface area contributed by atoms with E-state index in [1.54, 1.807) is 12.0 Å². The third kappa shape index (κ3) is 5.39. The van der Waals surface area contributed by atoms with Gasteiger partial charge in [0, 0.05) is 0 Å². The summed E-state index contributed by atoms with van der Waals surface area (Å²) in [6, 6.07) is 14.7. The van der Waals surface area contributed by atoms with Crippen LogP contribution >= 0.6 is 0 Å². The zero-order chi connectivity index (χ0) is 19.1. The molecule has 146 valence electrons. The summed E-state index contributed by atoms with van der Waals surface area (Å²) in [5.74, 6) is 2.00. The molecule has 0 amide bonds. The van der Waals surface area contributed by atoms with Crippen molar-refractivity contribution in [2.75, 3.05) is 51.3 Å². The lowest BCUT2D eigenvalue weighted by Crippen LogP contribution is -3.14. The molecule has 1 N–H and O–H groups in total. The van der Waals surface area contributed by atoms with E-state index < -0.39 is 0 Å². The number of nitrogens with zero attached hydrogens (tertiary/aromatic N) is 1. The highest BCUT2D eigenvalue weighted by molar-refractivity contribution is 5.58. The molecule has 1 heterocycles. The second-order valence-electron chi connectivity index (χ2n) is 7.48. The van der Waals surface area contributed by atoms with E-state index >= 15 is 0 Å². The van der Waals surface area contributed by atoms with Crippen LogP contribution in [0, 0.1) is 13.8 Å². The first-order chi connectivity index (χ1) is 13.2. The van der Waals surface area contributed by atoms with Crippen molar-refractivity contribution in [2.45, 2.75) is 26.7 Å². The molecule has 1 aliphatic heterocycles. The number of hydrogen-bond donors (Lipinski definition) is 1. The van der Waals surface area contributed by atoms with E-state index in [1.165, 1.54) is 42.9 Å². The molecule has 0 atom stereocenters. The number of quaternary nitrogens is 1. The van der Waals surface area contributed by atoms with Crippen molar-refractivity contribution in [1.82, 2.24) is 0 Å². The van der Waals surface area contributed by atoms with Gasteiger partial charge in [-0.15, -0.1) is 0 Å². The number of ether oxygens (including phenoxy) is 2. The molecule has 4 heteroatoms. The number of benzene rings is 2. The zero-order valence-corrected chi connectivity index (χ0v) is 17.0. The van der Waals surface area contributed by atoms with E-state index in [0.29, 0.717) is 0 Å². The Hall–Kier alpha value is -2.20. The molecule has 2 aromatic carbocycles. The molecule has 1 saturated heterocycles. The average molecular weight is 370 g/mol. The van der Waals surface area contributed by atoms with Gasteiger partial charge in [0.2, 0.25) is 0 Å². The monoisotopic (exact) mass is 369 g/mol. The van der Waals surface area contributed by atoms with Gasteiger partial charge in [0.15, 0.2) is 0 Å². The summed E-state index contributed by atoms with van der Waals surface area (Å²) >= 11 is 0. The topological polar surface area (TPSA) is 26.1 Å². The highest BCUT2D eigenvalue weighted by atomic mass is 16.5. The molecule has 27 heavy (non-hydrogen) atoms. The Bertz CT molecular complexity index is 724. The Morgan fingerprint density at radius 1 is 0.963 bits per heavy atom. The minimum absolute atomic E-state index is 0.810. The molecule has 0 saturated carbocycles. The number of methoxy groups -OCH3 is 1. The molecule has 0 unspecified atom stereocenters. The van der Waals surface area contributed by atoms with Crippen LogP contribution in [0.3, 0.4) is 0 Å². The van der Waals surface area contributed by atoms with Crippen LogP contribution < -0.4 is 19.3 Å². The SMILES string of the molecule is COc1ccccc1N1CC[NH+](CCCCOc2ccc(C)cc2C)CC1. The third-order valence-electron chi connectivity index (χ3n) is 5.41. The van der Waals surface area contributed by atoms with Crippen molar-refractivity contribution in [3.63, 3.8) is 0 Å². The Morgan fingerprint density at radius 2 is 1.74 bits per heavy atom. The fourth-order valence-electron chi connectivity index (χ4n) is 3.83. The Labute approximate surface area is 163 Å². The molecule has 0 spiro atoms. The largest absolute Gasteiger partial charge is 0.495 e. The molecule has 3 rings (SSSR count). The molecule has 1 fully saturated rings. The van der Waals surface area contributed by atoms with Crippen molar-refractivity contribution in [2.24, 2.45) is 0 Å². The second-order valence-corrected chi connectivity index (χ2v) is 7.48. The summed E-state index contributed by atoms with van der Waals surface area (Å²) in [5, 5.41) is 0. The van der Waals surface area contributed by atoms with Crippen molar-refractivity contribution >= 4 is 5.69 Å². The summed E-state index contributed by atoms with van der Waals surface area (Å²) in [4.78, 5) is 4.15. The number of rotatable bonds is 8. The molecule has 0 radical (unpaired) electrons. The standard InChI is InChI=1S/C23H32N2O2/c1-19-10-11-22(20(2)18-19)27-17-7-6-12-24-13-15-25(16-14-24)21-8-4-5-9-23(21)26-3/h4-5,8-11,18H,6-7,12-17H2,1-3H3/p+1.